The number of nitrogens with zero attached hydrogens (tertiary/aromatic N) is 2. The maximum atomic E-state index is 2.73. The van der Waals surface area contributed by atoms with Crippen molar-refractivity contribution in [3.63, 3.8) is 0 Å². The first kappa shape index (κ1) is 47.7. The number of hydrogen-bond donors (Lipinski definition) is 0. The number of hydrogen-bond acceptors (Lipinski definition) is 2. The zero-order valence-corrected chi connectivity index (χ0v) is 45.1. The normalized spacial score (nSPS) is 15.2. The van der Waals surface area contributed by atoms with Crippen LogP contribution < -0.4 is 20.6 Å². The molecule has 0 amide bonds. The second kappa shape index (κ2) is 17.9. The third-order valence-electron chi connectivity index (χ3n) is 17.3. The summed E-state index contributed by atoms with van der Waals surface area (Å²) in [6.07, 6.45) is 6.86. The molecule has 0 fully saturated rings. The summed E-state index contributed by atoms with van der Waals surface area (Å²) in [6, 6.07) is 59.0. The molecular formula is C69H73BN2. The molecule has 3 heteroatoms. The maximum absolute atomic E-state index is 2.73. The summed E-state index contributed by atoms with van der Waals surface area (Å²) in [4.78, 5) is 5.44. The molecule has 1 aliphatic carbocycles. The van der Waals surface area contributed by atoms with Gasteiger partial charge < -0.3 is 9.71 Å². The van der Waals surface area contributed by atoms with Crippen molar-refractivity contribution in [2.75, 3.05) is 9.71 Å². The summed E-state index contributed by atoms with van der Waals surface area (Å²) < 4.78 is 0. The van der Waals surface area contributed by atoms with Gasteiger partial charge in [0.1, 0.15) is 0 Å². The monoisotopic (exact) mass is 941 g/mol. The van der Waals surface area contributed by atoms with Crippen molar-refractivity contribution in [1.29, 1.82) is 0 Å². The van der Waals surface area contributed by atoms with E-state index in [2.05, 4.69) is 244 Å². The molecule has 8 aromatic carbocycles. The largest absolute Gasteiger partial charge is 0.376 e. The van der Waals surface area contributed by atoms with Crippen LogP contribution in [0.15, 0.2) is 152 Å². The van der Waals surface area contributed by atoms with Gasteiger partial charge in [0.25, 0.3) is 0 Å². The number of benzene rings is 8. The molecule has 8 aromatic rings. The Bertz CT molecular complexity index is 3370. The van der Waals surface area contributed by atoms with E-state index in [4.69, 9.17) is 0 Å². The lowest BCUT2D eigenvalue weighted by molar-refractivity contribution is 0.332. The van der Waals surface area contributed by atoms with Crippen molar-refractivity contribution < 1.29 is 0 Å². The predicted octanol–water partition coefficient (Wildman–Crippen LogP) is 18.0. The number of anilines is 5. The Balaban J connectivity index is 1.29. The zero-order valence-electron chi connectivity index (χ0n) is 45.1. The molecule has 0 aromatic heterocycles. The Morgan fingerprint density at radius 2 is 1.11 bits per heavy atom. The van der Waals surface area contributed by atoms with Gasteiger partial charge in [0.05, 0.1) is 0 Å². The molecule has 0 spiro atoms. The molecule has 0 saturated carbocycles. The van der Waals surface area contributed by atoms with Crippen LogP contribution in [0.4, 0.5) is 28.4 Å². The van der Waals surface area contributed by atoms with E-state index >= 15 is 0 Å². The molecule has 2 nitrogen and oxygen atoms in total. The molecule has 362 valence electrons. The van der Waals surface area contributed by atoms with E-state index in [1.165, 1.54) is 148 Å². The smallest absolute Gasteiger partial charge is 0.333 e. The van der Waals surface area contributed by atoms with Crippen LogP contribution in [-0.2, 0) is 22.7 Å². The van der Waals surface area contributed by atoms with Crippen LogP contribution in [0, 0.1) is 27.7 Å². The fourth-order valence-electron chi connectivity index (χ4n) is 13.3. The van der Waals surface area contributed by atoms with E-state index in [9.17, 15) is 0 Å². The van der Waals surface area contributed by atoms with Gasteiger partial charge in [-0.2, -0.15) is 0 Å². The van der Waals surface area contributed by atoms with E-state index in [1.54, 1.807) is 0 Å². The minimum atomic E-state index is -0.104. The zero-order chi connectivity index (χ0) is 50.4. The number of fused-ring (bicyclic) bond motifs is 5. The lowest BCUT2D eigenvalue weighted by Gasteiger charge is -2.47. The molecule has 2 aliphatic heterocycles. The van der Waals surface area contributed by atoms with Crippen molar-refractivity contribution in [3.8, 4) is 44.5 Å². The SMILES string of the molecule is CCCCC(C)(C)c1cc2c(cc1CC)N(c1ccc(-c3ccccc3)cc1)B1c3ccc(-c4ccccc4)cc3N(c3cc4c(cc3C)C(C)(C)CCC4(C)C)c3cc(-c4c(C)cc(C)cc4C)cc-2c31. The van der Waals surface area contributed by atoms with Gasteiger partial charge in [-0.3, -0.25) is 0 Å². The molecule has 0 N–H and O–H groups in total. The first-order valence-electron chi connectivity index (χ1n) is 27.0. The highest BCUT2D eigenvalue weighted by Crippen LogP contribution is 2.54. The molecule has 0 saturated heterocycles. The minimum absolute atomic E-state index is 0.00446. The fraction of sp³-hybridized carbons (Fsp3) is 0.304. The first-order valence-corrected chi connectivity index (χ1v) is 27.0. The van der Waals surface area contributed by atoms with Crippen LogP contribution >= 0.6 is 0 Å². The van der Waals surface area contributed by atoms with Crippen molar-refractivity contribution in [2.45, 2.75) is 138 Å². The molecule has 2 heterocycles. The molecule has 0 atom stereocenters. The minimum Gasteiger partial charge on any atom is -0.376 e. The summed E-state index contributed by atoms with van der Waals surface area (Å²) in [5.41, 5.74) is 30.4. The lowest BCUT2D eigenvalue weighted by atomic mass is 9.43. The second-order valence-corrected chi connectivity index (χ2v) is 23.7. The second-order valence-electron chi connectivity index (χ2n) is 23.7. The summed E-state index contributed by atoms with van der Waals surface area (Å²) in [6.45, 7) is 28.7. The highest BCUT2D eigenvalue weighted by molar-refractivity contribution is 6.93. The van der Waals surface area contributed by atoms with Crippen LogP contribution in [0.3, 0.4) is 0 Å². The highest BCUT2D eigenvalue weighted by atomic mass is 15.2. The Morgan fingerprint density at radius 3 is 1.74 bits per heavy atom. The molecule has 0 radical (unpaired) electrons. The molecule has 0 unspecified atom stereocenters. The Labute approximate surface area is 432 Å². The van der Waals surface area contributed by atoms with Crippen LogP contribution in [0.1, 0.15) is 132 Å². The predicted molar refractivity (Wildman–Crippen MR) is 313 cm³/mol. The van der Waals surface area contributed by atoms with Crippen molar-refractivity contribution in [2.24, 2.45) is 0 Å². The van der Waals surface area contributed by atoms with E-state index in [1.807, 2.05) is 0 Å². The quantitative estimate of drug-likeness (QED) is 0.126. The van der Waals surface area contributed by atoms with Crippen molar-refractivity contribution >= 4 is 46.2 Å². The average molecular weight is 941 g/mol. The summed E-state index contributed by atoms with van der Waals surface area (Å²) in [7, 11) is 0. The van der Waals surface area contributed by atoms with Crippen LogP contribution in [0.25, 0.3) is 44.5 Å². The summed E-state index contributed by atoms with van der Waals surface area (Å²) >= 11 is 0. The highest BCUT2D eigenvalue weighted by Gasteiger charge is 2.47. The summed E-state index contributed by atoms with van der Waals surface area (Å²) in [5, 5.41) is 0. The fourth-order valence-corrected chi connectivity index (χ4v) is 13.3. The van der Waals surface area contributed by atoms with Gasteiger partial charge in [0.2, 0.25) is 0 Å². The van der Waals surface area contributed by atoms with Gasteiger partial charge in [-0.25, -0.2) is 0 Å². The maximum Gasteiger partial charge on any atom is 0.333 e. The molecule has 0 bridgehead atoms. The standard InChI is InChI=1S/C69H73BN2/c1-13-15-32-67(7,8)57-42-55-56-38-53(65-46(5)35-44(3)36-47(65)6)41-64-66(56)70(72(62(55)39-48(57)14-2)54-29-26-51(27-30-54)49-22-18-16-19-23-49)60-31-28-52(50-24-20-17-21-25-50)40-63(60)71(64)61-43-59-58(37-45(61)4)68(9,10)33-34-69(59,11)12/h16-31,35-43H,13-15,32-34H2,1-12H3. The third-order valence-corrected chi connectivity index (χ3v) is 17.3. The van der Waals surface area contributed by atoms with E-state index in [0.717, 1.165) is 19.3 Å². The summed E-state index contributed by atoms with van der Waals surface area (Å²) in [5.74, 6) is 0. The van der Waals surface area contributed by atoms with Gasteiger partial charge in [0, 0.05) is 34.0 Å². The number of aryl methyl sites for hydroxylation is 5. The van der Waals surface area contributed by atoms with Gasteiger partial charge >= 0.3 is 6.85 Å². The van der Waals surface area contributed by atoms with Crippen molar-refractivity contribution in [1.82, 2.24) is 0 Å². The molecule has 3 aliphatic rings. The van der Waals surface area contributed by atoms with Crippen LogP contribution in [0.2, 0.25) is 0 Å². The van der Waals surface area contributed by atoms with Gasteiger partial charge in [-0.05, 0) is 207 Å². The molecule has 11 rings (SSSR count). The Kier molecular flexibility index (Phi) is 11.8. The lowest BCUT2D eigenvalue weighted by Crippen LogP contribution is -2.61. The first-order chi connectivity index (χ1) is 34.5. The van der Waals surface area contributed by atoms with Crippen LogP contribution in [0.5, 0.6) is 0 Å². The topological polar surface area (TPSA) is 6.48 Å². The van der Waals surface area contributed by atoms with Gasteiger partial charge in [0.15, 0.2) is 0 Å². The van der Waals surface area contributed by atoms with E-state index < -0.39 is 0 Å². The molecule has 72 heavy (non-hydrogen) atoms. The van der Waals surface area contributed by atoms with E-state index in [-0.39, 0.29) is 23.1 Å². The average Bonchev–Trinajstić information content (AvgIpc) is 3.37. The Hall–Kier alpha value is -6.58. The van der Waals surface area contributed by atoms with Crippen molar-refractivity contribution in [3.05, 3.63) is 196 Å². The number of unbranched alkanes of at least 4 members (excludes halogenated alkanes) is 1. The molecular weight excluding hydrogens is 868 g/mol. The number of rotatable bonds is 10. The third kappa shape index (κ3) is 7.94. The Morgan fingerprint density at radius 1 is 0.528 bits per heavy atom. The van der Waals surface area contributed by atoms with Crippen LogP contribution in [-0.4, -0.2) is 6.85 Å². The van der Waals surface area contributed by atoms with Gasteiger partial charge in [-0.1, -0.05) is 177 Å². The van der Waals surface area contributed by atoms with E-state index in [0.29, 0.717) is 0 Å². The van der Waals surface area contributed by atoms with Gasteiger partial charge in [-0.15, -0.1) is 0 Å².